The molecular weight excluding hydrogens is 342 g/mol. The fourth-order valence-electron chi connectivity index (χ4n) is 3.14. The van der Waals surface area contributed by atoms with E-state index in [0.717, 1.165) is 24.1 Å². The van der Waals surface area contributed by atoms with Crippen molar-refractivity contribution in [3.63, 3.8) is 0 Å². The van der Waals surface area contributed by atoms with E-state index < -0.39 is 11.5 Å². The number of aliphatic carboxylic acids is 1. The average molecular weight is 363 g/mol. The Morgan fingerprint density at radius 1 is 1.32 bits per heavy atom. The second-order valence-electron chi connectivity index (χ2n) is 6.34. The van der Waals surface area contributed by atoms with Gasteiger partial charge in [-0.1, -0.05) is 30.5 Å². The lowest BCUT2D eigenvalue weighted by molar-refractivity contribution is -0.149. The van der Waals surface area contributed by atoms with Crippen molar-refractivity contribution in [3.8, 4) is 10.7 Å². The molecule has 2 N–H and O–H groups in total. The molecule has 25 heavy (non-hydrogen) atoms. The van der Waals surface area contributed by atoms with Gasteiger partial charge < -0.3 is 14.9 Å². The topological polar surface area (TPSA) is 105 Å². The van der Waals surface area contributed by atoms with Gasteiger partial charge in [-0.2, -0.15) is 4.98 Å². The number of aromatic nitrogens is 2. The highest BCUT2D eigenvalue weighted by atomic mass is 32.1. The summed E-state index contributed by atoms with van der Waals surface area (Å²) in [6.07, 6.45) is 4.96. The summed E-state index contributed by atoms with van der Waals surface area (Å²) in [4.78, 5) is 29.0. The van der Waals surface area contributed by atoms with E-state index in [2.05, 4.69) is 15.5 Å². The average Bonchev–Trinajstić information content (AvgIpc) is 3.27. The number of rotatable bonds is 7. The molecule has 1 amide bonds. The number of aryl methyl sites for hydroxylation is 1. The van der Waals surface area contributed by atoms with Gasteiger partial charge in [0.15, 0.2) is 0 Å². The minimum atomic E-state index is -1.09. The summed E-state index contributed by atoms with van der Waals surface area (Å²) < 4.78 is 5.20. The van der Waals surface area contributed by atoms with Crippen LogP contribution in [0.1, 0.15) is 50.8 Å². The first-order valence-electron chi connectivity index (χ1n) is 8.50. The highest BCUT2D eigenvalue weighted by Crippen LogP contribution is 2.28. The lowest BCUT2D eigenvalue weighted by Crippen LogP contribution is -2.55. The molecule has 3 rings (SSSR count). The van der Waals surface area contributed by atoms with Crippen molar-refractivity contribution in [2.45, 2.75) is 56.9 Å². The smallest absolute Gasteiger partial charge is 0.329 e. The summed E-state index contributed by atoms with van der Waals surface area (Å²) in [5.41, 5.74) is -1.09. The Bertz CT molecular complexity index is 720. The number of carboxylic acid groups (broad SMARTS) is 1. The molecule has 7 nitrogen and oxygen atoms in total. The Hall–Kier alpha value is -2.22. The molecule has 0 bridgehead atoms. The summed E-state index contributed by atoms with van der Waals surface area (Å²) in [5, 5.41) is 18.1. The van der Waals surface area contributed by atoms with Gasteiger partial charge in [-0.3, -0.25) is 4.79 Å². The summed E-state index contributed by atoms with van der Waals surface area (Å²) in [6.45, 7) is 0. The highest BCUT2D eigenvalue weighted by Gasteiger charge is 2.40. The number of nitrogens with one attached hydrogen (secondary N) is 1. The minimum Gasteiger partial charge on any atom is -0.480 e. The molecule has 2 aromatic rings. The molecule has 0 radical (unpaired) electrons. The van der Waals surface area contributed by atoms with E-state index in [4.69, 9.17) is 4.52 Å². The van der Waals surface area contributed by atoms with Crippen LogP contribution in [-0.4, -0.2) is 32.7 Å². The predicted molar refractivity (Wildman–Crippen MR) is 92.1 cm³/mol. The Morgan fingerprint density at radius 2 is 2.12 bits per heavy atom. The molecule has 2 aromatic heterocycles. The third-order valence-corrected chi connectivity index (χ3v) is 5.37. The lowest BCUT2D eigenvalue weighted by atomic mass is 9.81. The standard InChI is InChI=1S/C17H21N3O4S/c21-13(19-17(16(22)23)9-2-1-3-10-17)7-4-8-14-18-15(20-24-14)12-6-5-11-25-12/h5-6,11H,1-4,7-10H2,(H,19,21)(H,22,23). The quantitative estimate of drug-likeness (QED) is 0.783. The van der Waals surface area contributed by atoms with Crippen molar-refractivity contribution in [3.05, 3.63) is 23.4 Å². The van der Waals surface area contributed by atoms with Crippen LogP contribution in [0.4, 0.5) is 0 Å². The van der Waals surface area contributed by atoms with Gasteiger partial charge in [-0.05, 0) is 30.7 Å². The Labute approximate surface area is 149 Å². The zero-order valence-electron chi connectivity index (χ0n) is 13.9. The largest absolute Gasteiger partial charge is 0.480 e. The van der Waals surface area contributed by atoms with Crippen LogP contribution in [0.25, 0.3) is 10.7 Å². The predicted octanol–water partition coefficient (Wildman–Crippen LogP) is 3.02. The van der Waals surface area contributed by atoms with Crippen LogP contribution in [-0.2, 0) is 16.0 Å². The van der Waals surface area contributed by atoms with E-state index in [-0.39, 0.29) is 12.3 Å². The lowest BCUT2D eigenvalue weighted by Gasteiger charge is -2.34. The number of amides is 1. The van der Waals surface area contributed by atoms with Gasteiger partial charge in [0.2, 0.25) is 17.6 Å². The fourth-order valence-corrected chi connectivity index (χ4v) is 3.79. The van der Waals surface area contributed by atoms with Crippen molar-refractivity contribution < 1.29 is 19.2 Å². The van der Waals surface area contributed by atoms with Gasteiger partial charge in [-0.15, -0.1) is 11.3 Å². The third kappa shape index (κ3) is 4.25. The monoisotopic (exact) mass is 363 g/mol. The van der Waals surface area contributed by atoms with Gasteiger partial charge >= 0.3 is 5.97 Å². The molecule has 2 heterocycles. The van der Waals surface area contributed by atoms with Crippen LogP contribution in [0.5, 0.6) is 0 Å². The molecule has 1 fully saturated rings. The zero-order valence-corrected chi connectivity index (χ0v) is 14.7. The summed E-state index contributed by atoms with van der Waals surface area (Å²) in [7, 11) is 0. The summed E-state index contributed by atoms with van der Waals surface area (Å²) in [6, 6.07) is 3.84. The van der Waals surface area contributed by atoms with E-state index in [1.54, 1.807) is 0 Å². The molecular formula is C17H21N3O4S. The Kier molecular flexibility index (Phi) is 5.47. The van der Waals surface area contributed by atoms with Crippen LogP contribution in [0.15, 0.2) is 22.0 Å². The number of hydrogen-bond acceptors (Lipinski definition) is 6. The number of nitrogens with zero attached hydrogens (tertiary/aromatic N) is 2. The Balaban J connectivity index is 1.48. The molecule has 1 aliphatic carbocycles. The molecule has 134 valence electrons. The first kappa shape index (κ1) is 17.6. The number of thiophene rings is 1. The van der Waals surface area contributed by atoms with Crippen LogP contribution in [0, 0.1) is 0 Å². The molecule has 0 atom stereocenters. The highest BCUT2D eigenvalue weighted by molar-refractivity contribution is 7.13. The minimum absolute atomic E-state index is 0.234. The number of carboxylic acids is 1. The second kappa shape index (κ2) is 7.77. The van der Waals surface area contributed by atoms with Gasteiger partial charge in [-0.25, -0.2) is 4.79 Å². The normalized spacial score (nSPS) is 16.5. The molecule has 8 heteroatoms. The van der Waals surface area contributed by atoms with Crippen molar-refractivity contribution in [1.29, 1.82) is 0 Å². The maximum absolute atomic E-state index is 12.2. The van der Waals surface area contributed by atoms with Gasteiger partial charge in [0.25, 0.3) is 0 Å². The first-order valence-corrected chi connectivity index (χ1v) is 9.38. The van der Waals surface area contributed by atoms with E-state index in [9.17, 15) is 14.7 Å². The van der Waals surface area contributed by atoms with Crippen LogP contribution < -0.4 is 5.32 Å². The van der Waals surface area contributed by atoms with Crippen molar-refractivity contribution in [2.24, 2.45) is 0 Å². The van der Waals surface area contributed by atoms with Crippen LogP contribution in [0.3, 0.4) is 0 Å². The van der Waals surface area contributed by atoms with E-state index in [0.29, 0.717) is 37.4 Å². The number of carbonyl (C=O) groups is 2. The van der Waals surface area contributed by atoms with Crippen LogP contribution in [0.2, 0.25) is 0 Å². The molecule has 0 spiro atoms. The molecule has 1 aliphatic rings. The molecule has 0 aliphatic heterocycles. The zero-order chi connectivity index (χ0) is 17.7. The molecule has 1 saturated carbocycles. The van der Waals surface area contributed by atoms with E-state index in [1.807, 2.05) is 17.5 Å². The SMILES string of the molecule is O=C(CCCc1nc(-c2cccs2)no1)NC1(C(=O)O)CCCCC1. The third-order valence-electron chi connectivity index (χ3n) is 4.50. The summed E-state index contributed by atoms with van der Waals surface area (Å²) in [5.74, 6) is -0.122. The van der Waals surface area contributed by atoms with Crippen molar-refractivity contribution in [2.75, 3.05) is 0 Å². The van der Waals surface area contributed by atoms with E-state index >= 15 is 0 Å². The van der Waals surface area contributed by atoms with E-state index in [1.165, 1.54) is 11.3 Å². The molecule has 0 unspecified atom stereocenters. The van der Waals surface area contributed by atoms with Gasteiger partial charge in [0, 0.05) is 12.8 Å². The number of carbonyl (C=O) groups excluding carboxylic acids is 1. The van der Waals surface area contributed by atoms with Crippen LogP contribution >= 0.6 is 11.3 Å². The van der Waals surface area contributed by atoms with Gasteiger partial charge in [0.1, 0.15) is 5.54 Å². The maximum atomic E-state index is 12.2. The first-order chi connectivity index (χ1) is 12.1. The van der Waals surface area contributed by atoms with Gasteiger partial charge in [0.05, 0.1) is 4.88 Å². The Morgan fingerprint density at radius 3 is 2.80 bits per heavy atom. The second-order valence-corrected chi connectivity index (χ2v) is 7.29. The molecule has 0 aromatic carbocycles. The molecule has 0 saturated heterocycles. The number of hydrogen-bond donors (Lipinski definition) is 2. The van der Waals surface area contributed by atoms with Crippen molar-refractivity contribution in [1.82, 2.24) is 15.5 Å². The maximum Gasteiger partial charge on any atom is 0.329 e. The fraction of sp³-hybridized carbons (Fsp3) is 0.529. The van der Waals surface area contributed by atoms with Crippen molar-refractivity contribution >= 4 is 23.2 Å². The summed E-state index contributed by atoms with van der Waals surface area (Å²) >= 11 is 1.54.